The number of hydrogen-bond acceptors (Lipinski definition) is 2. The summed E-state index contributed by atoms with van der Waals surface area (Å²) < 4.78 is 5.82. The fraction of sp³-hybridized carbons (Fsp3) is 0.429. The van der Waals surface area contributed by atoms with Gasteiger partial charge in [0, 0.05) is 12.2 Å². The van der Waals surface area contributed by atoms with E-state index in [1.807, 2.05) is 30.3 Å². The Hall–Kier alpha value is -1.96. The van der Waals surface area contributed by atoms with Crippen LogP contribution in [0.3, 0.4) is 0 Å². The summed E-state index contributed by atoms with van der Waals surface area (Å²) in [5, 5.41) is 3.54. The summed E-state index contributed by atoms with van der Waals surface area (Å²) >= 11 is 0. The molecule has 0 saturated heterocycles. The average molecular weight is 309 g/mol. The van der Waals surface area contributed by atoms with Crippen LogP contribution < -0.4 is 10.1 Å². The van der Waals surface area contributed by atoms with Gasteiger partial charge in [0.1, 0.15) is 12.4 Å². The van der Waals surface area contributed by atoms with E-state index in [0.717, 1.165) is 18.2 Å². The van der Waals surface area contributed by atoms with Crippen LogP contribution in [0.25, 0.3) is 0 Å². The molecule has 3 rings (SSSR count). The number of hydrogen-bond donors (Lipinski definition) is 1. The first-order valence-electron chi connectivity index (χ1n) is 8.91. The lowest BCUT2D eigenvalue weighted by Gasteiger charge is -2.21. The van der Waals surface area contributed by atoms with Crippen LogP contribution in [0.5, 0.6) is 5.75 Å². The molecule has 1 saturated carbocycles. The van der Waals surface area contributed by atoms with Crippen molar-refractivity contribution in [2.45, 2.75) is 45.1 Å². The molecule has 122 valence electrons. The first-order chi connectivity index (χ1) is 11.4. The molecule has 0 aromatic heterocycles. The van der Waals surface area contributed by atoms with Gasteiger partial charge in [-0.1, -0.05) is 62.4 Å². The van der Waals surface area contributed by atoms with Gasteiger partial charge in [-0.3, -0.25) is 0 Å². The first kappa shape index (κ1) is 15.9. The number of ether oxygens (including phenoxy) is 1. The maximum atomic E-state index is 5.82. The van der Waals surface area contributed by atoms with E-state index < -0.39 is 0 Å². The van der Waals surface area contributed by atoms with Crippen molar-refractivity contribution >= 4 is 5.69 Å². The van der Waals surface area contributed by atoms with Gasteiger partial charge in [-0.2, -0.15) is 0 Å². The van der Waals surface area contributed by atoms with Crippen molar-refractivity contribution in [2.75, 3.05) is 11.9 Å². The van der Waals surface area contributed by atoms with Crippen LogP contribution in [0.2, 0.25) is 0 Å². The van der Waals surface area contributed by atoms with Gasteiger partial charge in [0.25, 0.3) is 0 Å². The van der Waals surface area contributed by atoms with Crippen LogP contribution in [0.15, 0.2) is 54.6 Å². The predicted molar refractivity (Wildman–Crippen MR) is 96.9 cm³/mol. The minimum atomic E-state index is 0.620. The van der Waals surface area contributed by atoms with Crippen molar-refractivity contribution in [3.8, 4) is 5.75 Å². The zero-order chi connectivity index (χ0) is 15.7. The van der Waals surface area contributed by atoms with Crippen LogP contribution >= 0.6 is 0 Å². The van der Waals surface area contributed by atoms with E-state index in [9.17, 15) is 0 Å². The predicted octanol–water partition coefficient (Wildman–Crippen LogP) is 5.65. The summed E-state index contributed by atoms with van der Waals surface area (Å²) in [5.41, 5.74) is 2.38. The molecular formula is C21H27NO. The standard InChI is InChI=1S/C21H27NO/c1-3-7-18(8-4-1)15-16-22-20-11-13-21(14-12-20)23-17-19-9-5-2-6-10-19/h2,5-6,9-14,18,22H,1,3-4,7-8,15-17H2. The van der Waals surface area contributed by atoms with E-state index in [0.29, 0.717) is 6.61 Å². The van der Waals surface area contributed by atoms with Gasteiger partial charge < -0.3 is 10.1 Å². The normalized spacial score (nSPS) is 15.3. The fourth-order valence-electron chi connectivity index (χ4n) is 3.31. The molecule has 0 radical (unpaired) electrons. The molecule has 0 aliphatic heterocycles. The number of anilines is 1. The Balaban J connectivity index is 1.40. The zero-order valence-corrected chi connectivity index (χ0v) is 13.8. The summed E-state index contributed by atoms with van der Waals surface area (Å²) in [5.74, 6) is 1.86. The van der Waals surface area contributed by atoms with Gasteiger partial charge in [0.15, 0.2) is 0 Å². The maximum absolute atomic E-state index is 5.82. The second-order valence-corrected chi connectivity index (χ2v) is 6.52. The summed E-state index contributed by atoms with van der Waals surface area (Å²) in [6.07, 6.45) is 8.44. The lowest BCUT2D eigenvalue weighted by molar-refractivity contribution is 0.306. The Labute approximate surface area is 139 Å². The quantitative estimate of drug-likeness (QED) is 0.713. The minimum Gasteiger partial charge on any atom is -0.489 e. The van der Waals surface area contributed by atoms with Crippen LogP contribution in [0, 0.1) is 5.92 Å². The van der Waals surface area contributed by atoms with Crippen molar-refractivity contribution in [3.05, 3.63) is 60.2 Å². The van der Waals surface area contributed by atoms with E-state index in [-0.39, 0.29) is 0 Å². The van der Waals surface area contributed by atoms with Crippen molar-refractivity contribution in [1.82, 2.24) is 0 Å². The topological polar surface area (TPSA) is 21.3 Å². The first-order valence-corrected chi connectivity index (χ1v) is 8.91. The third kappa shape index (κ3) is 5.31. The molecule has 23 heavy (non-hydrogen) atoms. The third-order valence-electron chi connectivity index (χ3n) is 4.71. The van der Waals surface area contributed by atoms with Crippen molar-refractivity contribution in [1.29, 1.82) is 0 Å². The molecule has 2 heteroatoms. The molecule has 0 atom stereocenters. The minimum absolute atomic E-state index is 0.620. The molecule has 2 aromatic rings. The van der Waals surface area contributed by atoms with Gasteiger partial charge in [0.2, 0.25) is 0 Å². The highest BCUT2D eigenvalue weighted by Gasteiger charge is 2.12. The average Bonchev–Trinajstić information content (AvgIpc) is 2.63. The largest absolute Gasteiger partial charge is 0.489 e. The van der Waals surface area contributed by atoms with Crippen molar-refractivity contribution < 1.29 is 4.74 Å². The second kappa shape index (κ2) is 8.61. The fourth-order valence-corrected chi connectivity index (χ4v) is 3.31. The number of nitrogens with one attached hydrogen (secondary N) is 1. The molecule has 2 aromatic carbocycles. The van der Waals surface area contributed by atoms with Gasteiger partial charge in [-0.05, 0) is 42.2 Å². The molecule has 0 heterocycles. The second-order valence-electron chi connectivity index (χ2n) is 6.52. The van der Waals surface area contributed by atoms with Gasteiger partial charge in [0.05, 0.1) is 0 Å². The van der Waals surface area contributed by atoms with Crippen molar-refractivity contribution in [3.63, 3.8) is 0 Å². The van der Waals surface area contributed by atoms with Crippen LogP contribution in [0.1, 0.15) is 44.1 Å². The summed E-state index contributed by atoms with van der Waals surface area (Å²) in [4.78, 5) is 0. The van der Waals surface area contributed by atoms with Gasteiger partial charge >= 0.3 is 0 Å². The Morgan fingerprint density at radius 1 is 0.870 bits per heavy atom. The molecule has 1 fully saturated rings. The lowest BCUT2D eigenvalue weighted by Crippen LogP contribution is -2.12. The summed E-state index contributed by atoms with van der Waals surface area (Å²) in [6.45, 7) is 1.70. The molecule has 0 bridgehead atoms. The third-order valence-corrected chi connectivity index (χ3v) is 4.71. The van der Waals surface area contributed by atoms with E-state index in [1.165, 1.54) is 49.8 Å². The number of benzene rings is 2. The van der Waals surface area contributed by atoms with Crippen LogP contribution in [-0.2, 0) is 6.61 Å². The molecule has 1 N–H and O–H groups in total. The smallest absolute Gasteiger partial charge is 0.119 e. The maximum Gasteiger partial charge on any atom is 0.119 e. The Bertz CT molecular complexity index is 558. The zero-order valence-electron chi connectivity index (χ0n) is 13.8. The monoisotopic (exact) mass is 309 g/mol. The SMILES string of the molecule is c1ccc(COc2ccc(NCCC3CCCCC3)cc2)cc1. The van der Waals surface area contributed by atoms with E-state index in [1.54, 1.807) is 0 Å². The molecule has 0 unspecified atom stereocenters. The lowest BCUT2D eigenvalue weighted by atomic mass is 9.87. The van der Waals surface area contributed by atoms with Crippen LogP contribution in [0.4, 0.5) is 5.69 Å². The Morgan fingerprint density at radius 2 is 1.61 bits per heavy atom. The van der Waals surface area contributed by atoms with Gasteiger partial charge in [-0.15, -0.1) is 0 Å². The summed E-state index contributed by atoms with van der Waals surface area (Å²) in [7, 11) is 0. The summed E-state index contributed by atoms with van der Waals surface area (Å²) in [6, 6.07) is 18.6. The molecule has 1 aliphatic rings. The number of rotatable bonds is 7. The highest BCUT2D eigenvalue weighted by molar-refractivity contribution is 5.46. The molecular weight excluding hydrogens is 282 g/mol. The molecule has 0 spiro atoms. The Kier molecular flexibility index (Phi) is 5.96. The van der Waals surface area contributed by atoms with E-state index in [4.69, 9.17) is 4.74 Å². The van der Waals surface area contributed by atoms with E-state index >= 15 is 0 Å². The highest BCUT2D eigenvalue weighted by atomic mass is 16.5. The molecule has 1 aliphatic carbocycles. The van der Waals surface area contributed by atoms with E-state index in [2.05, 4.69) is 29.6 Å². The van der Waals surface area contributed by atoms with Crippen molar-refractivity contribution in [2.24, 2.45) is 5.92 Å². The highest BCUT2D eigenvalue weighted by Crippen LogP contribution is 2.26. The Morgan fingerprint density at radius 3 is 2.35 bits per heavy atom. The molecule has 2 nitrogen and oxygen atoms in total. The molecule has 0 amide bonds. The van der Waals surface area contributed by atoms with Gasteiger partial charge in [-0.25, -0.2) is 0 Å². The van der Waals surface area contributed by atoms with Crippen LogP contribution in [-0.4, -0.2) is 6.54 Å².